The van der Waals surface area contributed by atoms with Gasteiger partial charge in [-0.3, -0.25) is 4.90 Å². The number of benzene rings is 1. The standard InChI is InChI=1S/C15H22N2OS/c1-3-8-17(12-5-6-12)10-11-4-7-14(18-2)13(9-11)15(16)19/h4,7,9,12H,3,5-6,8,10H2,1-2H3,(H2,16,19). The number of nitrogens with zero attached hydrogens (tertiary/aromatic N) is 1. The first-order valence-corrected chi connectivity index (χ1v) is 7.27. The summed E-state index contributed by atoms with van der Waals surface area (Å²) in [6.07, 6.45) is 3.85. The summed E-state index contributed by atoms with van der Waals surface area (Å²) in [5.74, 6) is 0.754. The van der Waals surface area contributed by atoms with E-state index in [9.17, 15) is 0 Å². The number of thiocarbonyl (C=S) groups is 1. The van der Waals surface area contributed by atoms with Crippen LogP contribution in [0.2, 0.25) is 0 Å². The van der Waals surface area contributed by atoms with Crippen molar-refractivity contribution < 1.29 is 4.74 Å². The molecule has 0 aromatic heterocycles. The Morgan fingerprint density at radius 2 is 2.21 bits per heavy atom. The molecule has 0 amide bonds. The van der Waals surface area contributed by atoms with Gasteiger partial charge in [0.05, 0.1) is 12.7 Å². The van der Waals surface area contributed by atoms with E-state index in [0.29, 0.717) is 4.99 Å². The molecule has 0 atom stereocenters. The first-order valence-electron chi connectivity index (χ1n) is 6.86. The van der Waals surface area contributed by atoms with Gasteiger partial charge in [-0.2, -0.15) is 0 Å². The largest absolute Gasteiger partial charge is 0.496 e. The fourth-order valence-electron chi connectivity index (χ4n) is 2.40. The van der Waals surface area contributed by atoms with E-state index < -0.39 is 0 Å². The van der Waals surface area contributed by atoms with Crippen LogP contribution in [0.1, 0.15) is 37.3 Å². The highest BCUT2D eigenvalue weighted by molar-refractivity contribution is 7.80. The molecule has 0 unspecified atom stereocenters. The molecule has 4 heteroatoms. The van der Waals surface area contributed by atoms with Gasteiger partial charge in [0.2, 0.25) is 0 Å². The van der Waals surface area contributed by atoms with Crippen molar-refractivity contribution in [3.05, 3.63) is 29.3 Å². The van der Waals surface area contributed by atoms with Crippen LogP contribution in [-0.2, 0) is 6.54 Å². The van der Waals surface area contributed by atoms with E-state index in [1.807, 2.05) is 6.07 Å². The van der Waals surface area contributed by atoms with Crippen molar-refractivity contribution in [1.29, 1.82) is 0 Å². The Morgan fingerprint density at radius 3 is 2.74 bits per heavy atom. The highest BCUT2D eigenvalue weighted by atomic mass is 32.1. The number of methoxy groups -OCH3 is 1. The van der Waals surface area contributed by atoms with E-state index in [2.05, 4.69) is 24.0 Å². The molecule has 0 bridgehead atoms. The molecule has 1 aromatic rings. The van der Waals surface area contributed by atoms with Crippen molar-refractivity contribution in [1.82, 2.24) is 4.90 Å². The minimum atomic E-state index is 0.396. The van der Waals surface area contributed by atoms with E-state index in [0.717, 1.165) is 30.4 Å². The smallest absolute Gasteiger partial charge is 0.129 e. The lowest BCUT2D eigenvalue weighted by atomic mass is 10.1. The Hall–Kier alpha value is -1.13. The van der Waals surface area contributed by atoms with Crippen LogP contribution in [0.4, 0.5) is 0 Å². The van der Waals surface area contributed by atoms with Gasteiger partial charge in [-0.1, -0.05) is 25.2 Å². The van der Waals surface area contributed by atoms with Crippen LogP contribution in [0.3, 0.4) is 0 Å². The highest BCUT2D eigenvalue weighted by Crippen LogP contribution is 2.29. The summed E-state index contributed by atoms with van der Waals surface area (Å²) in [5.41, 5.74) is 7.85. The molecule has 0 radical (unpaired) electrons. The zero-order chi connectivity index (χ0) is 13.8. The fraction of sp³-hybridized carbons (Fsp3) is 0.533. The topological polar surface area (TPSA) is 38.5 Å². The SMILES string of the molecule is CCCN(Cc1ccc(OC)c(C(N)=S)c1)C1CC1. The molecular formula is C15H22N2OS. The molecule has 0 aliphatic heterocycles. The minimum Gasteiger partial charge on any atom is -0.496 e. The molecule has 0 saturated heterocycles. The van der Waals surface area contributed by atoms with Gasteiger partial charge in [-0.05, 0) is 43.5 Å². The van der Waals surface area contributed by atoms with Crippen LogP contribution >= 0.6 is 12.2 Å². The van der Waals surface area contributed by atoms with Crippen LogP contribution in [0.5, 0.6) is 5.75 Å². The maximum Gasteiger partial charge on any atom is 0.129 e. The molecule has 2 rings (SSSR count). The van der Waals surface area contributed by atoms with Gasteiger partial charge in [0.25, 0.3) is 0 Å². The third-order valence-electron chi connectivity index (χ3n) is 3.49. The number of hydrogen-bond acceptors (Lipinski definition) is 3. The highest BCUT2D eigenvalue weighted by Gasteiger charge is 2.28. The normalized spacial score (nSPS) is 14.7. The van der Waals surface area contributed by atoms with Crippen LogP contribution in [0.25, 0.3) is 0 Å². The third-order valence-corrected chi connectivity index (χ3v) is 3.71. The molecule has 19 heavy (non-hydrogen) atoms. The number of nitrogens with two attached hydrogens (primary N) is 1. The summed E-state index contributed by atoms with van der Waals surface area (Å²) < 4.78 is 5.29. The van der Waals surface area contributed by atoms with E-state index in [4.69, 9.17) is 22.7 Å². The molecule has 0 heterocycles. The number of hydrogen-bond donors (Lipinski definition) is 1. The molecule has 3 nitrogen and oxygen atoms in total. The van der Waals surface area contributed by atoms with Gasteiger partial charge in [0, 0.05) is 12.6 Å². The summed E-state index contributed by atoms with van der Waals surface area (Å²) in [4.78, 5) is 2.94. The summed E-state index contributed by atoms with van der Waals surface area (Å²) in [7, 11) is 1.64. The number of rotatable bonds is 7. The van der Waals surface area contributed by atoms with Crippen molar-refractivity contribution in [3.8, 4) is 5.75 Å². The van der Waals surface area contributed by atoms with E-state index in [1.165, 1.54) is 24.8 Å². The lowest BCUT2D eigenvalue weighted by Gasteiger charge is -2.22. The van der Waals surface area contributed by atoms with E-state index in [1.54, 1.807) is 7.11 Å². The average molecular weight is 278 g/mol. The summed E-state index contributed by atoms with van der Waals surface area (Å²) in [6, 6.07) is 6.90. The molecule has 0 spiro atoms. The van der Waals surface area contributed by atoms with Crippen LogP contribution in [0, 0.1) is 0 Å². The van der Waals surface area contributed by atoms with Crippen molar-refractivity contribution >= 4 is 17.2 Å². The second kappa shape index (κ2) is 6.35. The second-order valence-electron chi connectivity index (χ2n) is 5.10. The molecule has 104 valence electrons. The molecular weight excluding hydrogens is 256 g/mol. The van der Waals surface area contributed by atoms with E-state index >= 15 is 0 Å². The van der Waals surface area contributed by atoms with Crippen molar-refractivity contribution in [2.75, 3.05) is 13.7 Å². The zero-order valence-electron chi connectivity index (χ0n) is 11.7. The van der Waals surface area contributed by atoms with Gasteiger partial charge >= 0.3 is 0 Å². The first-order chi connectivity index (χ1) is 9.15. The Kier molecular flexibility index (Phi) is 4.77. The lowest BCUT2D eigenvalue weighted by Crippen LogP contribution is -2.26. The molecule has 1 saturated carbocycles. The van der Waals surface area contributed by atoms with Crippen LogP contribution in [-0.4, -0.2) is 29.6 Å². The zero-order valence-corrected chi connectivity index (χ0v) is 12.5. The molecule has 2 N–H and O–H groups in total. The third kappa shape index (κ3) is 3.67. The van der Waals surface area contributed by atoms with Crippen molar-refractivity contribution in [2.24, 2.45) is 5.73 Å². The molecule has 1 fully saturated rings. The monoisotopic (exact) mass is 278 g/mol. The van der Waals surface area contributed by atoms with Gasteiger partial charge in [-0.15, -0.1) is 0 Å². The quantitative estimate of drug-likeness (QED) is 0.778. The Labute approximate surface area is 120 Å². The summed E-state index contributed by atoms with van der Waals surface area (Å²) >= 11 is 5.09. The van der Waals surface area contributed by atoms with Crippen LogP contribution in [0.15, 0.2) is 18.2 Å². The fourth-order valence-corrected chi connectivity index (χ4v) is 2.56. The number of ether oxygens (including phenoxy) is 1. The maximum atomic E-state index is 5.76. The van der Waals surface area contributed by atoms with Crippen molar-refractivity contribution in [3.63, 3.8) is 0 Å². The summed E-state index contributed by atoms with van der Waals surface area (Å²) in [6.45, 7) is 4.35. The Morgan fingerprint density at radius 1 is 1.47 bits per heavy atom. The second-order valence-corrected chi connectivity index (χ2v) is 5.54. The van der Waals surface area contributed by atoms with Gasteiger partial charge in [0.1, 0.15) is 10.7 Å². The summed E-state index contributed by atoms with van der Waals surface area (Å²) in [5, 5.41) is 0. The van der Waals surface area contributed by atoms with Crippen molar-refractivity contribution in [2.45, 2.75) is 38.8 Å². The first kappa shape index (κ1) is 14.3. The van der Waals surface area contributed by atoms with Crippen LogP contribution < -0.4 is 10.5 Å². The Balaban J connectivity index is 2.15. The van der Waals surface area contributed by atoms with Gasteiger partial charge in [-0.25, -0.2) is 0 Å². The van der Waals surface area contributed by atoms with E-state index in [-0.39, 0.29) is 0 Å². The van der Waals surface area contributed by atoms with Gasteiger partial charge in [0.15, 0.2) is 0 Å². The van der Waals surface area contributed by atoms with Gasteiger partial charge < -0.3 is 10.5 Å². The maximum absolute atomic E-state index is 5.76. The molecule has 1 aliphatic rings. The predicted molar refractivity (Wildman–Crippen MR) is 82.6 cm³/mol. The molecule has 1 aromatic carbocycles. The predicted octanol–water partition coefficient (Wildman–Crippen LogP) is 2.70. The minimum absolute atomic E-state index is 0.396. The molecule has 1 aliphatic carbocycles. The average Bonchev–Trinajstić information content (AvgIpc) is 3.22. The lowest BCUT2D eigenvalue weighted by molar-refractivity contribution is 0.255. The Bertz CT molecular complexity index is 457.